The van der Waals surface area contributed by atoms with Crippen molar-refractivity contribution in [2.24, 2.45) is 0 Å². The first-order valence-electron chi connectivity index (χ1n) is 13.3. The van der Waals surface area contributed by atoms with Gasteiger partial charge in [0.1, 0.15) is 12.3 Å². The van der Waals surface area contributed by atoms with Gasteiger partial charge in [0.25, 0.3) is 5.91 Å². The van der Waals surface area contributed by atoms with Gasteiger partial charge in [0.15, 0.2) is 17.3 Å². The summed E-state index contributed by atoms with van der Waals surface area (Å²) in [5.41, 5.74) is 5.41. The molecule has 0 aliphatic carbocycles. The number of hydrogen-bond acceptors (Lipinski definition) is 7. The number of rotatable bonds is 10. The number of aromatic nitrogens is 1. The molecule has 0 fully saturated rings. The molecule has 1 aromatic heterocycles. The third kappa shape index (κ3) is 6.14. The van der Waals surface area contributed by atoms with Crippen molar-refractivity contribution >= 4 is 28.3 Å². The van der Waals surface area contributed by atoms with Crippen LogP contribution < -0.4 is 14.8 Å². The van der Waals surface area contributed by atoms with Crippen LogP contribution in [0.5, 0.6) is 11.5 Å². The fraction of sp³-hybridized carbons (Fsp3) is 0.281. The monoisotopic (exact) mass is 539 g/mol. The number of methoxy groups -OCH3 is 2. The van der Waals surface area contributed by atoms with Crippen molar-refractivity contribution in [1.29, 1.82) is 0 Å². The fourth-order valence-electron chi connectivity index (χ4n) is 4.87. The molecule has 0 spiro atoms. The molecule has 1 aliphatic heterocycles. The smallest absolute Gasteiger partial charge is 0.274 e. The van der Waals surface area contributed by atoms with E-state index < -0.39 is 0 Å². The largest absolute Gasteiger partial charge is 0.493 e. The molecule has 2 heterocycles. The lowest BCUT2D eigenvalue weighted by Gasteiger charge is -2.29. The number of amides is 1. The van der Waals surface area contributed by atoms with E-state index in [4.69, 9.17) is 14.2 Å². The van der Waals surface area contributed by atoms with Crippen molar-refractivity contribution in [2.75, 3.05) is 45.8 Å². The molecule has 3 aromatic carbocycles. The van der Waals surface area contributed by atoms with Gasteiger partial charge in [-0.1, -0.05) is 36.4 Å². The quantitative estimate of drug-likeness (QED) is 0.222. The topological polar surface area (TPSA) is 90.0 Å². The van der Waals surface area contributed by atoms with E-state index >= 15 is 0 Å². The maximum absolute atomic E-state index is 13.3. The van der Waals surface area contributed by atoms with Gasteiger partial charge < -0.3 is 19.5 Å². The number of Topliss-reactive ketones (excluding diaryl/α,β-unsaturated/α-hetero) is 1. The molecule has 1 N–H and O–H groups in total. The number of aryl methyl sites for hydroxylation is 1. The Bertz CT molecular complexity index is 1550. The molecule has 5 rings (SSSR count). The molecule has 40 heavy (non-hydrogen) atoms. The first-order chi connectivity index (χ1) is 19.4. The molecule has 0 unspecified atom stereocenters. The van der Waals surface area contributed by atoms with Crippen LogP contribution in [0.15, 0.2) is 66.7 Å². The summed E-state index contributed by atoms with van der Waals surface area (Å²) >= 11 is 0. The van der Waals surface area contributed by atoms with Gasteiger partial charge in [-0.05, 0) is 60.4 Å². The van der Waals surface area contributed by atoms with Crippen LogP contribution in [0.1, 0.15) is 37.5 Å². The summed E-state index contributed by atoms with van der Waals surface area (Å²) in [7, 11) is 3.27. The third-order valence-corrected chi connectivity index (χ3v) is 7.13. The number of anilines is 1. The number of carbonyl (C=O) groups excluding carboxylic acids is 2. The van der Waals surface area contributed by atoms with Gasteiger partial charge in [-0.2, -0.15) is 0 Å². The predicted octanol–water partition coefficient (Wildman–Crippen LogP) is 5.07. The van der Waals surface area contributed by atoms with Gasteiger partial charge in [-0.3, -0.25) is 14.5 Å². The third-order valence-electron chi connectivity index (χ3n) is 7.13. The Morgan fingerprint density at radius 3 is 2.60 bits per heavy atom. The molecular formula is C32H33N3O5. The van der Waals surface area contributed by atoms with E-state index in [1.54, 1.807) is 26.4 Å². The van der Waals surface area contributed by atoms with Crippen LogP contribution in [0.4, 0.5) is 5.69 Å². The molecule has 1 amide bonds. The summed E-state index contributed by atoms with van der Waals surface area (Å²) in [4.78, 5) is 32.9. The minimum Gasteiger partial charge on any atom is -0.493 e. The number of para-hydroxylation sites is 1. The Hall–Kier alpha value is -4.27. The number of ether oxygens (including phenoxy) is 3. The van der Waals surface area contributed by atoms with E-state index in [0.717, 1.165) is 35.0 Å². The van der Waals surface area contributed by atoms with Crippen molar-refractivity contribution in [3.8, 4) is 11.5 Å². The highest BCUT2D eigenvalue weighted by Crippen LogP contribution is 2.33. The van der Waals surface area contributed by atoms with Crippen LogP contribution in [-0.4, -0.2) is 62.1 Å². The van der Waals surface area contributed by atoms with E-state index in [1.165, 1.54) is 5.56 Å². The molecule has 0 saturated carbocycles. The molecule has 1 aliphatic rings. The summed E-state index contributed by atoms with van der Waals surface area (Å²) in [5.74, 6) is 1.05. The van der Waals surface area contributed by atoms with Crippen molar-refractivity contribution in [3.05, 3.63) is 94.7 Å². The highest BCUT2D eigenvalue weighted by atomic mass is 16.5. The minimum atomic E-state index is -0.315. The zero-order valence-electron chi connectivity index (χ0n) is 23.0. The number of ketones is 1. The molecule has 0 saturated heterocycles. The standard InChI is InChI=1S/C32H33N3O5/c1-21-8-9-24(16-28(21)34-32(37)27-11-10-22-6-4-5-7-26(22)33-27)29(36)20-35-13-12-23-17-30(39-3)31(18-25(23)19-35)40-15-14-38-2/h4-11,16-18H,12-15,19-20H2,1-3H3,(H,34,37). The van der Waals surface area contributed by atoms with Crippen LogP contribution in [-0.2, 0) is 17.7 Å². The Kier molecular flexibility index (Phi) is 8.38. The van der Waals surface area contributed by atoms with Crippen molar-refractivity contribution in [2.45, 2.75) is 19.9 Å². The number of nitrogens with one attached hydrogen (secondary N) is 1. The van der Waals surface area contributed by atoms with E-state index in [1.807, 2.05) is 61.5 Å². The summed E-state index contributed by atoms with van der Waals surface area (Å²) in [6, 6.07) is 20.7. The lowest BCUT2D eigenvalue weighted by molar-refractivity contribution is 0.0920. The zero-order valence-corrected chi connectivity index (χ0v) is 23.0. The highest BCUT2D eigenvalue weighted by molar-refractivity contribution is 6.05. The first kappa shape index (κ1) is 27.3. The van der Waals surface area contributed by atoms with Crippen LogP contribution in [0.2, 0.25) is 0 Å². The number of benzene rings is 3. The molecule has 8 heteroatoms. The SMILES string of the molecule is COCCOc1cc2c(cc1OC)CCN(CC(=O)c1ccc(C)c(NC(=O)c3ccc4ccccc4n3)c1)C2. The second-order valence-corrected chi connectivity index (χ2v) is 9.87. The van der Waals surface area contributed by atoms with E-state index in [2.05, 4.69) is 15.2 Å². The molecule has 0 bridgehead atoms. The maximum Gasteiger partial charge on any atom is 0.274 e. The maximum atomic E-state index is 13.3. The zero-order chi connectivity index (χ0) is 28.1. The summed E-state index contributed by atoms with van der Waals surface area (Å²) in [5, 5.41) is 3.91. The Morgan fingerprint density at radius 1 is 0.950 bits per heavy atom. The van der Waals surface area contributed by atoms with Crippen molar-refractivity contribution < 1.29 is 23.8 Å². The predicted molar refractivity (Wildman–Crippen MR) is 155 cm³/mol. The molecule has 4 aromatic rings. The van der Waals surface area contributed by atoms with Gasteiger partial charge >= 0.3 is 0 Å². The number of fused-ring (bicyclic) bond motifs is 2. The molecule has 0 atom stereocenters. The average Bonchev–Trinajstić information content (AvgIpc) is 2.97. The van der Waals surface area contributed by atoms with Crippen molar-refractivity contribution in [1.82, 2.24) is 9.88 Å². The number of hydrogen-bond donors (Lipinski definition) is 1. The number of carbonyl (C=O) groups is 2. The minimum absolute atomic E-state index is 0.00661. The molecule has 206 valence electrons. The Morgan fingerprint density at radius 2 is 1.77 bits per heavy atom. The van der Waals surface area contributed by atoms with Crippen LogP contribution >= 0.6 is 0 Å². The van der Waals surface area contributed by atoms with Gasteiger partial charge in [-0.15, -0.1) is 0 Å². The first-order valence-corrected chi connectivity index (χ1v) is 13.3. The number of nitrogens with zero attached hydrogens (tertiary/aromatic N) is 2. The van der Waals surface area contributed by atoms with E-state index in [-0.39, 0.29) is 18.2 Å². The van der Waals surface area contributed by atoms with Gasteiger partial charge in [-0.25, -0.2) is 4.98 Å². The Labute approximate surface area is 233 Å². The van der Waals surface area contributed by atoms with Gasteiger partial charge in [0.2, 0.25) is 0 Å². The van der Waals surface area contributed by atoms with Gasteiger partial charge in [0.05, 0.1) is 25.8 Å². The fourth-order valence-corrected chi connectivity index (χ4v) is 4.87. The number of pyridine rings is 1. The van der Waals surface area contributed by atoms with Crippen LogP contribution in [0.25, 0.3) is 10.9 Å². The highest BCUT2D eigenvalue weighted by Gasteiger charge is 2.22. The average molecular weight is 540 g/mol. The normalized spacial score (nSPS) is 13.1. The molecule has 8 nitrogen and oxygen atoms in total. The summed E-state index contributed by atoms with van der Waals surface area (Å²) in [6.07, 6.45) is 0.811. The van der Waals surface area contributed by atoms with E-state index in [0.29, 0.717) is 48.2 Å². The molecular weight excluding hydrogens is 506 g/mol. The summed E-state index contributed by atoms with van der Waals surface area (Å²) in [6.45, 7) is 4.48. The summed E-state index contributed by atoms with van der Waals surface area (Å²) < 4.78 is 16.5. The second-order valence-electron chi connectivity index (χ2n) is 9.87. The van der Waals surface area contributed by atoms with E-state index in [9.17, 15) is 9.59 Å². The lowest BCUT2D eigenvalue weighted by atomic mass is 9.98. The lowest BCUT2D eigenvalue weighted by Crippen LogP contribution is -2.35. The second kappa shape index (κ2) is 12.3. The molecule has 0 radical (unpaired) electrons. The van der Waals surface area contributed by atoms with Crippen LogP contribution in [0.3, 0.4) is 0 Å². The van der Waals surface area contributed by atoms with Crippen molar-refractivity contribution in [3.63, 3.8) is 0 Å². The van der Waals surface area contributed by atoms with Gasteiger partial charge in [0, 0.05) is 36.8 Å². The Balaban J connectivity index is 1.27. The van der Waals surface area contributed by atoms with Crippen LogP contribution in [0, 0.1) is 6.92 Å².